The van der Waals surface area contributed by atoms with Crippen LogP contribution in [0.5, 0.6) is 5.75 Å². The number of hydrogen-bond acceptors (Lipinski definition) is 3. The van der Waals surface area contributed by atoms with Gasteiger partial charge in [0.1, 0.15) is 18.2 Å². The van der Waals surface area contributed by atoms with E-state index in [1.165, 1.54) is 24.4 Å². The summed E-state index contributed by atoms with van der Waals surface area (Å²) in [5, 5.41) is 4.90. The molecule has 154 valence electrons. The second-order valence-electron chi connectivity index (χ2n) is 6.70. The third kappa shape index (κ3) is 5.38. The van der Waals surface area contributed by atoms with E-state index < -0.39 is 11.7 Å². The summed E-state index contributed by atoms with van der Waals surface area (Å²) >= 11 is 12.0. The third-order valence-corrected chi connectivity index (χ3v) is 5.09. The number of hydrogen-bond donors (Lipinski definition) is 1. The van der Waals surface area contributed by atoms with Crippen molar-refractivity contribution in [3.8, 4) is 5.75 Å². The molecule has 0 aliphatic rings. The second kappa shape index (κ2) is 9.74. The number of amides is 1. The van der Waals surface area contributed by atoms with E-state index in [2.05, 4.69) is 10.5 Å². The van der Waals surface area contributed by atoms with E-state index in [4.69, 9.17) is 27.9 Å². The van der Waals surface area contributed by atoms with Crippen LogP contribution < -0.4 is 10.2 Å². The lowest BCUT2D eigenvalue weighted by atomic mass is 10.1. The van der Waals surface area contributed by atoms with Gasteiger partial charge in [-0.25, -0.2) is 9.82 Å². The number of halogens is 3. The van der Waals surface area contributed by atoms with Crippen molar-refractivity contribution in [3.63, 3.8) is 0 Å². The molecule has 0 aliphatic heterocycles. The van der Waals surface area contributed by atoms with Gasteiger partial charge in [0.05, 0.1) is 21.8 Å². The highest BCUT2D eigenvalue weighted by molar-refractivity contribution is 6.42. The Morgan fingerprint density at radius 2 is 1.77 bits per heavy atom. The molecule has 1 amide bonds. The van der Waals surface area contributed by atoms with E-state index in [1.54, 1.807) is 18.2 Å². The fourth-order valence-corrected chi connectivity index (χ4v) is 3.26. The average Bonchev–Trinajstić information content (AvgIpc) is 2.70. The van der Waals surface area contributed by atoms with Gasteiger partial charge in [-0.1, -0.05) is 41.4 Å². The van der Waals surface area contributed by atoms with Gasteiger partial charge in [-0.2, -0.15) is 5.10 Å². The monoisotopic (exact) mass is 444 g/mol. The van der Waals surface area contributed by atoms with Crippen LogP contribution in [-0.4, -0.2) is 12.1 Å². The van der Waals surface area contributed by atoms with Gasteiger partial charge in [0.2, 0.25) is 0 Å². The number of aryl methyl sites for hydroxylation is 2. The molecule has 0 aliphatic carbocycles. The summed E-state index contributed by atoms with van der Waals surface area (Å²) < 4.78 is 19.6. The molecule has 7 heteroatoms. The number of nitrogens with one attached hydrogen (secondary N) is 1. The van der Waals surface area contributed by atoms with Crippen molar-refractivity contribution in [2.24, 2.45) is 5.10 Å². The number of hydrazone groups is 1. The maximum absolute atomic E-state index is 13.6. The zero-order valence-corrected chi connectivity index (χ0v) is 17.9. The highest BCUT2D eigenvalue weighted by Gasteiger charge is 2.10. The van der Waals surface area contributed by atoms with E-state index in [0.717, 1.165) is 28.0 Å². The summed E-state index contributed by atoms with van der Waals surface area (Å²) in [5.41, 5.74) is 5.79. The van der Waals surface area contributed by atoms with Gasteiger partial charge in [-0.3, -0.25) is 4.79 Å². The van der Waals surface area contributed by atoms with Crippen LogP contribution in [0, 0.1) is 19.7 Å². The summed E-state index contributed by atoms with van der Waals surface area (Å²) in [7, 11) is 0. The molecular weight excluding hydrogens is 426 g/mol. The normalized spacial score (nSPS) is 11.0. The molecule has 30 heavy (non-hydrogen) atoms. The largest absolute Gasteiger partial charge is 0.488 e. The van der Waals surface area contributed by atoms with Crippen molar-refractivity contribution in [2.75, 3.05) is 0 Å². The summed E-state index contributed by atoms with van der Waals surface area (Å²) in [6.07, 6.45) is 1.50. The molecular formula is C23H19Cl2FN2O2. The first kappa shape index (κ1) is 21.8. The summed E-state index contributed by atoms with van der Waals surface area (Å²) in [6.45, 7) is 4.20. The quantitative estimate of drug-likeness (QED) is 0.369. The molecule has 0 spiro atoms. The minimum atomic E-state index is -0.612. The van der Waals surface area contributed by atoms with Crippen LogP contribution in [0.1, 0.15) is 32.6 Å². The lowest BCUT2D eigenvalue weighted by molar-refractivity contribution is 0.0951. The Balaban J connectivity index is 1.66. The Labute approximate surface area is 184 Å². The zero-order valence-electron chi connectivity index (χ0n) is 16.4. The van der Waals surface area contributed by atoms with Crippen LogP contribution in [-0.2, 0) is 6.61 Å². The topological polar surface area (TPSA) is 50.7 Å². The van der Waals surface area contributed by atoms with Crippen molar-refractivity contribution in [2.45, 2.75) is 20.5 Å². The minimum absolute atomic E-state index is 0.0620. The minimum Gasteiger partial charge on any atom is -0.488 e. The zero-order chi connectivity index (χ0) is 21.7. The molecule has 0 atom stereocenters. The molecule has 3 aromatic rings. The van der Waals surface area contributed by atoms with E-state index >= 15 is 0 Å². The van der Waals surface area contributed by atoms with Crippen LogP contribution in [0.3, 0.4) is 0 Å². The average molecular weight is 445 g/mol. The van der Waals surface area contributed by atoms with E-state index in [-0.39, 0.29) is 5.56 Å². The Bertz CT molecular complexity index is 1090. The molecule has 3 aromatic carbocycles. The Hall–Kier alpha value is -2.89. The Morgan fingerprint density at radius 3 is 2.43 bits per heavy atom. The summed E-state index contributed by atoms with van der Waals surface area (Å²) in [5.74, 6) is -0.451. The SMILES string of the molecule is Cc1cc(/C=N\NC(=O)c2ccccc2F)cc(C)c1OCc1ccc(Cl)c(Cl)c1. The van der Waals surface area contributed by atoms with Gasteiger partial charge in [-0.05, 0) is 72.5 Å². The van der Waals surface area contributed by atoms with Crippen LogP contribution in [0.2, 0.25) is 10.0 Å². The molecule has 0 bridgehead atoms. The predicted molar refractivity (Wildman–Crippen MR) is 118 cm³/mol. The van der Waals surface area contributed by atoms with Gasteiger partial charge in [0.25, 0.3) is 5.91 Å². The van der Waals surface area contributed by atoms with E-state index in [0.29, 0.717) is 16.7 Å². The van der Waals surface area contributed by atoms with Crippen LogP contribution in [0.25, 0.3) is 0 Å². The van der Waals surface area contributed by atoms with Crippen LogP contribution in [0.15, 0.2) is 59.7 Å². The van der Waals surface area contributed by atoms with Crippen molar-refractivity contribution >= 4 is 35.3 Å². The number of carbonyl (C=O) groups excluding carboxylic acids is 1. The molecule has 0 fully saturated rings. The fourth-order valence-electron chi connectivity index (χ4n) is 2.94. The third-order valence-electron chi connectivity index (χ3n) is 4.35. The van der Waals surface area contributed by atoms with E-state index in [1.807, 2.05) is 32.0 Å². The molecule has 3 rings (SSSR count). The van der Waals surface area contributed by atoms with Crippen molar-refractivity contribution < 1.29 is 13.9 Å². The molecule has 0 saturated carbocycles. The van der Waals surface area contributed by atoms with Gasteiger partial charge in [0.15, 0.2) is 0 Å². The molecule has 0 radical (unpaired) electrons. The van der Waals surface area contributed by atoms with Gasteiger partial charge < -0.3 is 4.74 Å². The van der Waals surface area contributed by atoms with Crippen molar-refractivity contribution in [3.05, 3.63) is 98.3 Å². The molecule has 0 saturated heterocycles. The molecule has 0 heterocycles. The first-order valence-corrected chi connectivity index (χ1v) is 9.86. The van der Waals surface area contributed by atoms with Crippen LogP contribution in [0.4, 0.5) is 4.39 Å². The maximum atomic E-state index is 13.6. The number of nitrogens with zero attached hydrogens (tertiary/aromatic N) is 1. The van der Waals surface area contributed by atoms with Crippen molar-refractivity contribution in [1.82, 2.24) is 5.43 Å². The first-order chi connectivity index (χ1) is 14.3. The van der Waals surface area contributed by atoms with Gasteiger partial charge in [0, 0.05) is 0 Å². The van der Waals surface area contributed by atoms with E-state index in [9.17, 15) is 9.18 Å². The lowest BCUT2D eigenvalue weighted by Gasteiger charge is -2.13. The number of carbonyl (C=O) groups is 1. The second-order valence-corrected chi connectivity index (χ2v) is 7.51. The number of ether oxygens (including phenoxy) is 1. The Kier molecular flexibility index (Phi) is 7.08. The summed E-state index contributed by atoms with van der Waals surface area (Å²) in [4.78, 5) is 12.0. The predicted octanol–water partition coefficient (Wildman–Crippen LogP) is 6.09. The highest BCUT2D eigenvalue weighted by Crippen LogP contribution is 2.27. The molecule has 0 aromatic heterocycles. The molecule has 4 nitrogen and oxygen atoms in total. The lowest BCUT2D eigenvalue weighted by Crippen LogP contribution is -2.18. The van der Waals surface area contributed by atoms with Gasteiger partial charge >= 0.3 is 0 Å². The van der Waals surface area contributed by atoms with Gasteiger partial charge in [-0.15, -0.1) is 0 Å². The molecule has 0 unspecified atom stereocenters. The number of benzene rings is 3. The maximum Gasteiger partial charge on any atom is 0.274 e. The first-order valence-electron chi connectivity index (χ1n) is 9.11. The standard InChI is InChI=1S/C23H19Cl2FN2O2/c1-14-9-17(12-27-28-23(29)18-5-3-4-6-21(18)26)10-15(2)22(14)30-13-16-7-8-19(24)20(25)11-16/h3-12H,13H2,1-2H3,(H,28,29)/b27-12-. The molecule has 1 N–H and O–H groups in total. The highest BCUT2D eigenvalue weighted by atomic mass is 35.5. The van der Waals surface area contributed by atoms with Crippen molar-refractivity contribution in [1.29, 1.82) is 0 Å². The van der Waals surface area contributed by atoms with Crippen LogP contribution >= 0.6 is 23.2 Å². The smallest absolute Gasteiger partial charge is 0.274 e. The number of rotatable bonds is 6. The Morgan fingerprint density at radius 1 is 1.07 bits per heavy atom. The fraction of sp³-hybridized carbons (Fsp3) is 0.130. The summed E-state index contributed by atoms with van der Waals surface area (Å²) in [6, 6.07) is 14.9.